The number of hydrogen-bond donors (Lipinski definition) is 2. The maximum absolute atomic E-state index is 11.2. The Morgan fingerprint density at radius 1 is 1.50 bits per heavy atom. The van der Waals surface area contributed by atoms with Gasteiger partial charge in [-0.2, -0.15) is 0 Å². The van der Waals surface area contributed by atoms with Crippen LogP contribution in [0.25, 0.3) is 0 Å². The Morgan fingerprint density at radius 3 is 2.60 bits per heavy atom. The summed E-state index contributed by atoms with van der Waals surface area (Å²) in [7, 11) is -4.40. The number of rotatable bonds is 8. The highest BCUT2D eigenvalue weighted by molar-refractivity contribution is 7.49. The Kier molecular flexibility index (Phi) is 6.87. The minimum Gasteiger partial charge on any atom is -0.312 e. The molecule has 0 aliphatic carbocycles. The predicted octanol–water partition coefficient (Wildman–Crippen LogP) is 2.44. The van der Waals surface area contributed by atoms with Crippen LogP contribution in [0.5, 0.6) is 0 Å². The third-order valence-corrected chi connectivity index (χ3v) is 4.99. The fraction of sp³-hybridized carbons (Fsp3) is 0.556. The van der Waals surface area contributed by atoms with Crippen LogP contribution in [0.1, 0.15) is 4.88 Å². The van der Waals surface area contributed by atoms with E-state index in [4.69, 9.17) is 33.0 Å². The summed E-state index contributed by atoms with van der Waals surface area (Å²) in [5, 5.41) is 9.98. The standard InChI is InChI=1S/C9H13Cl2N2O5PS/c10-3-4-12(19(16,17)18)6-7(11)5-8-1-2-9(20-8)13(14)15/h1-2,7H,3-6H2,(H2,16,17,18). The van der Waals surface area contributed by atoms with Crippen LogP contribution >= 0.6 is 42.3 Å². The second-order valence-electron chi connectivity index (χ2n) is 3.91. The van der Waals surface area contributed by atoms with Gasteiger partial charge < -0.3 is 9.79 Å². The highest BCUT2D eigenvalue weighted by Gasteiger charge is 2.27. The van der Waals surface area contributed by atoms with E-state index < -0.39 is 18.0 Å². The van der Waals surface area contributed by atoms with Crippen molar-refractivity contribution >= 4 is 47.3 Å². The van der Waals surface area contributed by atoms with Crippen molar-refractivity contribution in [1.29, 1.82) is 0 Å². The molecule has 0 bridgehead atoms. The third kappa shape index (κ3) is 5.65. The predicted molar refractivity (Wildman–Crippen MR) is 78.7 cm³/mol. The molecule has 0 saturated heterocycles. The summed E-state index contributed by atoms with van der Waals surface area (Å²) in [5.41, 5.74) is 0. The van der Waals surface area contributed by atoms with Crippen LogP contribution in [0, 0.1) is 10.1 Å². The highest BCUT2D eigenvalue weighted by Crippen LogP contribution is 2.40. The van der Waals surface area contributed by atoms with Crippen LogP contribution in [0.15, 0.2) is 12.1 Å². The molecule has 0 saturated carbocycles. The fourth-order valence-electron chi connectivity index (χ4n) is 1.51. The van der Waals surface area contributed by atoms with E-state index >= 15 is 0 Å². The Hall–Kier alpha value is -0.210. The van der Waals surface area contributed by atoms with E-state index in [9.17, 15) is 14.7 Å². The molecule has 1 heterocycles. The van der Waals surface area contributed by atoms with E-state index in [-0.39, 0.29) is 24.0 Å². The third-order valence-electron chi connectivity index (χ3n) is 2.37. The Balaban J connectivity index is 2.63. The van der Waals surface area contributed by atoms with Gasteiger partial charge in [0.1, 0.15) is 0 Å². The van der Waals surface area contributed by atoms with Gasteiger partial charge in [-0.1, -0.05) is 11.3 Å². The highest BCUT2D eigenvalue weighted by atomic mass is 35.5. The van der Waals surface area contributed by atoms with Crippen molar-refractivity contribution in [2.24, 2.45) is 0 Å². The summed E-state index contributed by atoms with van der Waals surface area (Å²) < 4.78 is 12.1. The van der Waals surface area contributed by atoms with Crippen molar-refractivity contribution in [3.63, 3.8) is 0 Å². The van der Waals surface area contributed by atoms with E-state index in [1.54, 1.807) is 6.07 Å². The van der Waals surface area contributed by atoms with Crippen LogP contribution < -0.4 is 0 Å². The first-order chi connectivity index (χ1) is 9.24. The average Bonchev–Trinajstić information content (AvgIpc) is 2.75. The monoisotopic (exact) mass is 362 g/mol. The van der Waals surface area contributed by atoms with Crippen molar-refractivity contribution in [3.8, 4) is 0 Å². The zero-order chi connectivity index (χ0) is 15.3. The zero-order valence-electron chi connectivity index (χ0n) is 10.2. The van der Waals surface area contributed by atoms with Crippen LogP contribution in [0.4, 0.5) is 5.00 Å². The van der Waals surface area contributed by atoms with Gasteiger partial charge in [0.2, 0.25) is 0 Å². The molecule has 0 amide bonds. The molecule has 20 heavy (non-hydrogen) atoms. The van der Waals surface area contributed by atoms with Crippen molar-refractivity contribution < 1.29 is 19.3 Å². The van der Waals surface area contributed by atoms with E-state index in [0.29, 0.717) is 11.3 Å². The topological polar surface area (TPSA) is 104 Å². The van der Waals surface area contributed by atoms with Crippen LogP contribution in [-0.4, -0.2) is 43.7 Å². The lowest BCUT2D eigenvalue weighted by Gasteiger charge is -2.24. The second kappa shape index (κ2) is 7.70. The Morgan fingerprint density at radius 2 is 2.15 bits per heavy atom. The molecule has 1 rings (SSSR count). The van der Waals surface area contributed by atoms with Gasteiger partial charge >= 0.3 is 12.7 Å². The number of nitrogens with zero attached hydrogens (tertiary/aromatic N) is 2. The van der Waals surface area contributed by atoms with Gasteiger partial charge in [-0.3, -0.25) is 10.1 Å². The number of nitro groups is 1. The van der Waals surface area contributed by atoms with Crippen LogP contribution in [0.2, 0.25) is 0 Å². The van der Waals surface area contributed by atoms with Crippen molar-refractivity contribution in [2.75, 3.05) is 19.0 Å². The summed E-state index contributed by atoms with van der Waals surface area (Å²) in [4.78, 5) is 29.0. The number of hydrogen-bond acceptors (Lipinski definition) is 4. The smallest absolute Gasteiger partial charge is 0.312 e. The normalized spacial score (nSPS) is 13.7. The molecule has 1 aromatic rings. The largest absolute Gasteiger partial charge is 0.403 e. The van der Waals surface area contributed by atoms with Gasteiger partial charge in [0.25, 0.3) is 0 Å². The molecule has 114 valence electrons. The first-order valence-corrected chi connectivity index (χ1v) is 8.83. The lowest BCUT2D eigenvalue weighted by Crippen LogP contribution is -2.30. The van der Waals surface area contributed by atoms with Gasteiger partial charge in [0.05, 0.1) is 10.3 Å². The molecular weight excluding hydrogens is 350 g/mol. The summed E-state index contributed by atoms with van der Waals surface area (Å²) in [5.74, 6) is 0.0686. The van der Waals surface area contributed by atoms with E-state index in [1.165, 1.54) is 6.07 Å². The molecule has 1 aromatic heterocycles. The molecule has 0 aliphatic rings. The quantitative estimate of drug-likeness (QED) is 0.318. The lowest BCUT2D eigenvalue weighted by atomic mass is 10.2. The summed E-state index contributed by atoms with van der Waals surface area (Å²) >= 11 is 12.5. The average molecular weight is 363 g/mol. The van der Waals surface area contributed by atoms with E-state index in [2.05, 4.69) is 0 Å². The molecule has 7 nitrogen and oxygen atoms in total. The SMILES string of the molecule is O=[N+]([O-])c1ccc(CC(Cl)CN(CCCl)P(=O)(O)O)s1. The molecule has 2 N–H and O–H groups in total. The molecular formula is C9H13Cl2N2O5PS. The second-order valence-corrected chi connectivity index (χ2v) is 7.65. The minimum absolute atomic E-state index is 0.0106. The van der Waals surface area contributed by atoms with Gasteiger partial charge in [-0.05, 0) is 12.5 Å². The van der Waals surface area contributed by atoms with Crippen molar-refractivity contribution in [3.05, 3.63) is 27.1 Å². The zero-order valence-corrected chi connectivity index (χ0v) is 13.4. The molecule has 1 atom stereocenters. The fourth-order valence-corrected chi connectivity index (χ4v) is 4.02. The van der Waals surface area contributed by atoms with Gasteiger partial charge in [-0.15, -0.1) is 23.2 Å². The Bertz CT molecular complexity index is 508. The maximum Gasteiger partial charge on any atom is 0.403 e. The van der Waals surface area contributed by atoms with Gasteiger partial charge in [0.15, 0.2) is 0 Å². The van der Waals surface area contributed by atoms with Crippen molar-refractivity contribution in [2.45, 2.75) is 11.8 Å². The number of thiophene rings is 1. The molecule has 0 fully saturated rings. The Labute approximate surface area is 129 Å². The molecule has 0 spiro atoms. The molecule has 0 radical (unpaired) electrons. The van der Waals surface area contributed by atoms with E-state index in [1.807, 2.05) is 0 Å². The van der Waals surface area contributed by atoms with Gasteiger partial charge in [0, 0.05) is 29.9 Å². The van der Waals surface area contributed by atoms with Gasteiger partial charge in [-0.25, -0.2) is 9.24 Å². The molecule has 11 heteroatoms. The first kappa shape index (κ1) is 17.8. The molecule has 0 aromatic carbocycles. The van der Waals surface area contributed by atoms with Crippen LogP contribution in [0.3, 0.4) is 0 Å². The lowest BCUT2D eigenvalue weighted by molar-refractivity contribution is -0.380. The number of alkyl halides is 2. The van der Waals surface area contributed by atoms with Crippen LogP contribution in [-0.2, 0) is 11.0 Å². The minimum atomic E-state index is -4.40. The number of halogens is 2. The van der Waals surface area contributed by atoms with E-state index in [0.717, 1.165) is 16.0 Å². The maximum atomic E-state index is 11.2. The van der Waals surface area contributed by atoms with Crippen molar-refractivity contribution in [1.82, 2.24) is 4.67 Å². The summed E-state index contributed by atoms with van der Waals surface area (Å²) in [6.45, 7) is -0.0378. The summed E-state index contributed by atoms with van der Waals surface area (Å²) in [6.07, 6.45) is 0.291. The summed E-state index contributed by atoms with van der Waals surface area (Å²) in [6, 6.07) is 2.96. The first-order valence-electron chi connectivity index (χ1n) is 5.48. The molecule has 0 aliphatic heterocycles. The molecule has 1 unspecified atom stereocenters.